The fraction of sp³-hybridized carbons (Fsp3) is 0.278. The van der Waals surface area contributed by atoms with Gasteiger partial charge in [-0.25, -0.2) is 0 Å². The first-order valence-electron chi connectivity index (χ1n) is 7.37. The van der Waals surface area contributed by atoms with E-state index >= 15 is 0 Å². The van der Waals surface area contributed by atoms with Crippen molar-refractivity contribution in [2.45, 2.75) is 13.1 Å². The molecule has 0 atom stereocenters. The second-order valence-corrected chi connectivity index (χ2v) is 5.60. The fourth-order valence-electron chi connectivity index (χ4n) is 2.13. The molecular formula is C18H22N2O2S. The van der Waals surface area contributed by atoms with Gasteiger partial charge in [-0.1, -0.05) is 24.3 Å². The Hall–Kier alpha value is -2.27. The molecule has 0 fully saturated rings. The number of hydrogen-bond acceptors (Lipinski definition) is 3. The lowest BCUT2D eigenvalue weighted by Gasteiger charge is -2.21. The second kappa shape index (κ2) is 8.39. The van der Waals surface area contributed by atoms with Gasteiger partial charge in [-0.05, 0) is 47.6 Å². The molecule has 0 aromatic heterocycles. The van der Waals surface area contributed by atoms with E-state index in [1.807, 2.05) is 60.5 Å². The summed E-state index contributed by atoms with van der Waals surface area (Å²) in [5.74, 6) is 1.71. The van der Waals surface area contributed by atoms with E-state index < -0.39 is 0 Å². The van der Waals surface area contributed by atoms with Crippen molar-refractivity contribution in [3.05, 3.63) is 59.7 Å². The number of benzene rings is 2. The fourth-order valence-corrected chi connectivity index (χ4v) is 2.27. The van der Waals surface area contributed by atoms with E-state index in [-0.39, 0.29) is 0 Å². The van der Waals surface area contributed by atoms with Crippen LogP contribution in [0.15, 0.2) is 48.5 Å². The summed E-state index contributed by atoms with van der Waals surface area (Å²) in [7, 11) is 5.31. The molecule has 5 heteroatoms. The highest BCUT2D eigenvalue weighted by atomic mass is 32.1. The Labute approximate surface area is 143 Å². The number of nitrogens with zero attached hydrogens (tertiary/aromatic N) is 1. The van der Waals surface area contributed by atoms with E-state index in [1.54, 1.807) is 14.2 Å². The number of thiocarbonyl (C=S) groups is 1. The van der Waals surface area contributed by atoms with Crippen LogP contribution in [0.1, 0.15) is 11.1 Å². The van der Waals surface area contributed by atoms with Gasteiger partial charge in [0, 0.05) is 20.1 Å². The van der Waals surface area contributed by atoms with Gasteiger partial charge in [-0.15, -0.1) is 0 Å². The summed E-state index contributed by atoms with van der Waals surface area (Å²) in [6.07, 6.45) is 0. The molecule has 0 aliphatic carbocycles. The summed E-state index contributed by atoms with van der Waals surface area (Å²) in [5.41, 5.74) is 2.34. The number of rotatable bonds is 6. The number of methoxy groups -OCH3 is 2. The molecule has 0 radical (unpaired) electrons. The predicted molar refractivity (Wildman–Crippen MR) is 96.9 cm³/mol. The van der Waals surface area contributed by atoms with E-state index in [9.17, 15) is 0 Å². The minimum atomic E-state index is 0.690. The number of ether oxygens (including phenoxy) is 2. The van der Waals surface area contributed by atoms with Gasteiger partial charge in [-0.3, -0.25) is 0 Å². The zero-order valence-corrected chi connectivity index (χ0v) is 14.5. The minimum Gasteiger partial charge on any atom is -0.497 e. The molecule has 2 rings (SSSR count). The smallest absolute Gasteiger partial charge is 0.169 e. The topological polar surface area (TPSA) is 33.7 Å². The van der Waals surface area contributed by atoms with Crippen molar-refractivity contribution in [1.29, 1.82) is 0 Å². The molecule has 2 aromatic carbocycles. The molecule has 0 unspecified atom stereocenters. The van der Waals surface area contributed by atoms with E-state index in [0.29, 0.717) is 6.54 Å². The maximum absolute atomic E-state index is 5.44. The zero-order valence-electron chi connectivity index (χ0n) is 13.7. The van der Waals surface area contributed by atoms with Crippen LogP contribution in [0.4, 0.5) is 0 Å². The Morgan fingerprint density at radius 1 is 0.913 bits per heavy atom. The van der Waals surface area contributed by atoms with Gasteiger partial charge in [0.2, 0.25) is 0 Å². The van der Waals surface area contributed by atoms with Crippen molar-refractivity contribution < 1.29 is 9.47 Å². The van der Waals surface area contributed by atoms with Crippen molar-refractivity contribution in [2.75, 3.05) is 21.3 Å². The average molecular weight is 330 g/mol. The monoisotopic (exact) mass is 330 g/mol. The second-order valence-electron chi connectivity index (χ2n) is 5.21. The Balaban J connectivity index is 1.83. The third-order valence-corrected chi connectivity index (χ3v) is 3.98. The standard InChI is InChI=1S/C18H22N2O2S/c1-20(13-15-6-10-17(22-3)11-7-15)18(23)19-12-14-4-8-16(21-2)9-5-14/h4-11H,12-13H2,1-3H3,(H,19,23). The van der Waals surface area contributed by atoms with Crippen LogP contribution >= 0.6 is 12.2 Å². The highest BCUT2D eigenvalue weighted by Crippen LogP contribution is 2.13. The summed E-state index contributed by atoms with van der Waals surface area (Å²) >= 11 is 5.44. The molecular weight excluding hydrogens is 308 g/mol. The minimum absolute atomic E-state index is 0.690. The summed E-state index contributed by atoms with van der Waals surface area (Å²) in [6, 6.07) is 15.9. The van der Waals surface area contributed by atoms with E-state index in [2.05, 4.69) is 5.32 Å². The van der Waals surface area contributed by atoms with Crippen molar-refractivity contribution in [3.8, 4) is 11.5 Å². The highest BCUT2D eigenvalue weighted by Gasteiger charge is 2.05. The highest BCUT2D eigenvalue weighted by molar-refractivity contribution is 7.80. The first-order valence-corrected chi connectivity index (χ1v) is 7.78. The molecule has 0 spiro atoms. The van der Waals surface area contributed by atoms with E-state index in [4.69, 9.17) is 21.7 Å². The molecule has 0 saturated carbocycles. The predicted octanol–water partition coefficient (Wildman–Crippen LogP) is 3.21. The normalized spacial score (nSPS) is 10.0. The molecule has 0 saturated heterocycles. The van der Waals surface area contributed by atoms with Crippen molar-refractivity contribution in [3.63, 3.8) is 0 Å². The molecule has 2 aromatic rings. The lowest BCUT2D eigenvalue weighted by molar-refractivity contribution is 0.414. The lowest BCUT2D eigenvalue weighted by Crippen LogP contribution is -2.36. The Kier molecular flexibility index (Phi) is 6.23. The molecule has 4 nitrogen and oxygen atoms in total. The van der Waals surface area contributed by atoms with Gasteiger partial charge in [0.05, 0.1) is 14.2 Å². The van der Waals surface area contributed by atoms with Crippen LogP contribution in [0.25, 0.3) is 0 Å². The van der Waals surface area contributed by atoms with E-state index in [1.165, 1.54) is 5.56 Å². The number of nitrogens with one attached hydrogen (secondary N) is 1. The molecule has 0 aliphatic rings. The van der Waals surface area contributed by atoms with Crippen LogP contribution in [0.5, 0.6) is 11.5 Å². The average Bonchev–Trinajstić information content (AvgIpc) is 2.60. The summed E-state index contributed by atoms with van der Waals surface area (Å²) in [6.45, 7) is 1.44. The Bertz CT molecular complexity index is 626. The van der Waals surface area contributed by atoms with E-state index in [0.717, 1.165) is 28.7 Å². The first kappa shape index (κ1) is 17.1. The maximum atomic E-state index is 5.44. The van der Waals surface area contributed by atoms with Crippen LogP contribution < -0.4 is 14.8 Å². The van der Waals surface area contributed by atoms with Crippen molar-refractivity contribution in [1.82, 2.24) is 10.2 Å². The Morgan fingerprint density at radius 3 is 1.87 bits per heavy atom. The molecule has 0 aliphatic heterocycles. The van der Waals surface area contributed by atoms with Crippen LogP contribution in [-0.2, 0) is 13.1 Å². The quantitative estimate of drug-likeness (QED) is 0.823. The first-order chi connectivity index (χ1) is 11.1. The third-order valence-electron chi connectivity index (χ3n) is 3.53. The SMILES string of the molecule is COc1ccc(CNC(=S)N(C)Cc2ccc(OC)cc2)cc1. The van der Waals surface area contributed by atoms with Crippen LogP contribution in [0.3, 0.4) is 0 Å². The molecule has 0 bridgehead atoms. The van der Waals surface area contributed by atoms with Crippen LogP contribution in [-0.4, -0.2) is 31.3 Å². The summed E-state index contributed by atoms with van der Waals surface area (Å²) in [5, 5.41) is 3.99. The lowest BCUT2D eigenvalue weighted by atomic mass is 10.2. The molecule has 1 N–H and O–H groups in total. The van der Waals surface area contributed by atoms with Gasteiger partial charge >= 0.3 is 0 Å². The van der Waals surface area contributed by atoms with Gasteiger partial charge in [0.1, 0.15) is 11.5 Å². The van der Waals surface area contributed by atoms with Crippen LogP contribution in [0, 0.1) is 0 Å². The zero-order chi connectivity index (χ0) is 16.7. The van der Waals surface area contributed by atoms with Crippen molar-refractivity contribution >= 4 is 17.3 Å². The maximum Gasteiger partial charge on any atom is 0.169 e. The molecule has 122 valence electrons. The molecule has 23 heavy (non-hydrogen) atoms. The van der Waals surface area contributed by atoms with Crippen molar-refractivity contribution in [2.24, 2.45) is 0 Å². The molecule has 0 heterocycles. The number of hydrogen-bond donors (Lipinski definition) is 1. The van der Waals surface area contributed by atoms with Gasteiger partial charge in [0.15, 0.2) is 5.11 Å². The summed E-state index contributed by atoms with van der Waals surface area (Å²) in [4.78, 5) is 2.01. The molecule has 0 amide bonds. The van der Waals surface area contributed by atoms with Crippen LogP contribution in [0.2, 0.25) is 0 Å². The van der Waals surface area contributed by atoms with Gasteiger partial charge < -0.3 is 19.7 Å². The van der Waals surface area contributed by atoms with Gasteiger partial charge in [-0.2, -0.15) is 0 Å². The summed E-state index contributed by atoms with van der Waals surface area (Å²) < 4.78 is 10.3. The van der Waals surface area contributed by atoms with Gasteiger partial charge in [0.25, 0.3) is 0 Å². The third kappa shape index (κ3) is 5.14. The Morgan fingerprint density at radius 2 is 1.39 bits per heavy atom. The largest absolute Gasteiger partial charge is 0.497 e.